The van der Waals surface area contributed by atoms with Gasteiger partial charge in [0.15, 0.2) is 0 Å². The summed E-state index contributed by atoms with van der Waals surface area (Å²) in [6.07, 6.45) is 5.54. The van der Waals surface area contributed by atoms with E-state index in [2.05, 4.69) is 10.0 Å². The molecule has 0 aliphatic heterocycles. The molecule has 0 radical (unpaired) electrons. The van der Waals surface area contributed by atoms with Gasteiger partial charge >= 0.3 is 0 Å². The van der Waals surface area contributed by atoms with E-state index in [9.17, 15) is 8.42 Å². The Morgan fingerprint density at radius 3 is 2.24 bits per heavy atom. The normalized spacial score (nSPS) is 21.1. The molecule has 0 saturated heterocycles. The van der Waals surface area contributed by atoms with Crippen LogP contribution in [0.15, 0.2) is 0 Å². The van der Waals surface area contributed by atoms with Crippen molar-refractivity contribution in [1.82, 2.24) is 10.0 Å². The summed E-state index contributed by atoms with van der Waals surface area (Å²) in [5.41, 5.74) is 0. The third-order valence-corrected chi connectivity index (χ3v) is 5.05. The van der Waals surface area contributed by atoms with Crippen molar-refractivity contribution in [3.05, 3.63) is 0 Å². The lowest BCUT2D eigenvalue weighted by molar-refractivity contribution is 0.470. The molecule has 0 unspecified atom stereocenters. The van der Waals surface area contributed by atoms with Crippen molar-refractivity contribution in [3.63, 3.8) is 0 Å². The molecule has 0 bridgehead atoms. The Hall–Kier alpha value is -0.130. The van der Waals surface area contributed by atoms with Crippen molar-refractivity contribution in [2.75, 3.05) is 18.8 Å². The van der Waals surface area contributed by atoms with Crippen molar-refractivity contribution in [1.29, 1.82) is 0 Å². The number of sulfonamides is 1. The van der Waals surface area contributed by atoms with Gasteiger partial charge in [-0.3, -0.25) is 0 Å². The van der Waals surface area contributed by atoms with Gasteiger partial charge in [-0.25, -0.2) is 13.1 Å². The predicted octanol–water partition coefficient (Wildman–Crippen LogP) is 1.09. The van der Waals surface area contributed by atoms with E-state index in [0.717, 1.165) is 13.1 Å². The van der Waals surface area contributed by atoms with Crippen LogP contribution in [0.3, 0.4) is 0 Å². The zero-order valence-electron chi connectivity index (χ0n) is 10.6. The fourth-order valence-corrected chi connectivity index (χ4v) is 3.76. The van der Waals surface area contributed by atoms with Crippen LogP contribution in [0, 0.1) is 11.8 Å². The molecule has 2 saturated carbocycles. The highest BCUT2D eigenvalue weighted by Crippen LogP contribution is 2.44. The van der Waals surface area contributed by atoms with E-state index in [1.807, 2.05) is 6.92 Å². The second-order valence-corrected chi connectivity index (χ2v) is 7.22. The van der Waals surface area contributed by atoms with Crippen molar-refractivity contribution in [2.45, 2.75) is 45.1 Å². The van der Waals surface area contributed by atoms with Crippen molar-refractivity contribution >= 4 is 10.0 Å². The first-order chi connectivity index (χ1) is 8.12. The van der Waals surface area contributed by atoms with Crippen LogP contribution in [0.5, 0.6) is 0 Å². The summed E-state index contributed by atoms with van der Waals surface area (Å²) in [6, 6.07) is 0.249. The highest BCUT2D eigenvalue weighted by molar-refractivity contribution is 7.89. The van der Waals surface area contributed by atoms with E-state index in [0.29, 0.717) is 18.3 Å². The zero-order chi connectivity index (χ0) is 12.3. The van der Waals surface area contributed by atoms with Gasteiger partial charge in [0.25, 0.3) is 0 Å². The Balaban J connectivity index is 1.74. The Bertz CT molecular complexity index is 322. The van der Waals surface area contributed by atoms with E-state index in [1.165, 1.54) is 25.7 Å². The molecule has 4 nitrogen and oxygen atoms in total. The highest BCUT2D eigenvalue weighted by Gasteiger charge is 2.43. The van der Waals surface area contributed by atoms with Crippen LogP contribution in [0.1, 0.15) is 39.0 Å². The summed E-state index contributed by atoms with van der Waals surface area (Å²) in [6.45, 7) is 3.72. The number of hydrogen-bond acceptors (Lipinski definition) is 3. The van der Waals surface area contributed by atoms with Gasteiger partial charge in [-0.2, -0.15) is 0 Å². The fraction of sp³-hybridized carbons (Fsp3) is 1.00. The minimum Gasteiger partial charge on any atom is -0.317 e. The van der Waals surface area contributed by atoms with Crippen LogP contribution in [-0.2, 0) is 10.0 Å². The lowest BCUT2D eigenvalue weighted by Gasteiger charge is -2.17. The second-order valence-electron chi connectivity index (χ2n) is 5.34. The Labute approximate surface area is 105 Å². The summed E-state index contributed by atoms with van der Waals surface area (Å²) in [4.78, 5) is 0. The van der Waals surface area contributed by atoms with Crippen molar-refractivity contribution < 1.29 is 8.42 Å². The van der Waals surface area contributed by atoms with Gasteiger partial charge in [0, 0.05) is 6.04 Å². The van der Waals surface area contributed by atoms with E-state index < -0.39 is 10.0 Å². The van der Waals surface area contributed by atoms with Crippen LogP contribution in [0.25, 0.3) is 0 Å². The molecule has 0 amide bonds. The van der Waals surface area contributed by atoms with Crippen molar-refractivity contribution in [3.8, 4) is 0 Å². The lowest BCUT2D eigenvalue weighted by atomic mass is 10.1. The zero-order valence-corrected chi connectivity index (χ0v) is 11.4. The quantitative estimate of drug-likeness (QED) is 0.610. The largest absolute Gasteiger partial charge is 0.317 e. The molecular weight excluding hydrogens is 236 g/mol. The summed E-state index contributed by atoms with van der Waals surface area (Å²) in [5.74, 6) is 1.52. The van der Waals surface area contributed by atoms with Gasteiger partial charge in [0.2, 0.25) is 10.0 Å². The molecule has 2 aliphatic rings. The minimum absolute atomic E-state index is 0.249. The number of nitrogens with one attached hydrogen (secondary N) is 2. The van der Waals surface area contributed by atoms with Gasteiger partial charge in [-0.15, -0.1) is 0 Å². The van der Waals surface area contributed by atoms with E-state index in [1.54, 1.807) is 0 Å². The summed E-state index contributed by atoms with van der Waals surface area (Å²) in [7, 11) is -3.06. The first kappa shape index (κ1) is 13.3. The lowest BCUT2D eigenvalue weighted by Crippen LogP contribution is -2.39. The average molecular weight is 260 g/mol. The first-order valence-corrected chi connectivity index (χ1v) is 8.48. The third kappa shape index (κ3) is 4.56. The van der Waals surface area contributed by atoms with Gasteiger partial charge in [0.05, 0.1) is 5.75 Å². The maximum atomic E-state index is 11.9. The molecule has 2 rings (SSSR count). The Morgan fingerprint density at radius 1 is 1.18 bits per heavy atom. The first-order valence-electron chi connectivity index (χ1n) is 6.83. The number of hydrogen-bond donors (Lipinski definition) is 2. The molecule has 2 N–H and O–H groups in total. The van der Waals surface area contributed by atoms with Crippen LogP contribution < -0.4 is 10.0 Å². The Kier molecular flexibility index (Phi) is 4.44. The van der Waals surface area contributed by atoms with Crippen LogP contribution in [0.4, 0.5) is 0 Å². The fourth-order valence-electron chi connectivity index (χ4n) is 2.32. The minimum atomic E-state index is -3.06. The smallest absolute Gasteiger partial charge is 0.211 e. The topological polar surface area (TPSA) is 58.2 Å². The second kappa shape index (κ2) is 5.67. The molecule has 0 atom stereocenters. The molecular formula is C12H24N2O2S. The third-order valence-electron chi connectivity index (χ3n) is 3.59. The van der Waals surface area contributed by atoms with Crippen LogP contribution >= 0.6 is 0 Å². The van der Waals surface area contributed by atoms with Crippen LogP contribution in [0.2, 0.25) is 0 Å². The van der Waals surface area contributed by atoms with E-state index in [4.69, 9.17) is 0 Å². The molecule has 17 heavy (non-hydrogen) atoms. The predicted molar refractivity (Wildman–Crippen MR) is 69.3 cm³/mol. The maximum Gasteiger partial charge on any atom is 0.211 e. The number of rotatable bonds is 9. The van der Waals surface area contributed by atoms with Gasteiger partial charge in [0.1, 0.15) is 0 Å². The molecule has 0 aromatic carbocycles. The summed E-state index contributed by atoms with van der Waals surface area (Å²) >= 11 is 0. The van der Waals surface area contributed by atoms with E-state index in [-0.39, 0.29) is 11.8 Å². The summed E-state index contributed by atoms with van der Waals surface area (Å²) < 4.78 is 26.8. The highest BCUT2D eigenvalue weighted by atomic mass is 32.2. The standard InChI is InChI=1S/C12H24N2O2S/c1-2-13-8-3-9-17(15,16)14-12(10-4-5-10)11-6-7-11/h10-14H,2-9H2,1H3. The van der Waals surface area contributed by atoms with Crippen molar-refractivity contribution in [2.24, 2.45) is 11.8 Å². The monoisotopic (exact) mass is 260 g/mol. The molecule has 5 heteroatoms. The van der Waals surface area contributed by atoms with Crippen LogP contribution in [-0.4, -0.2) is 33.3 Å². The van der Waals surface area contributed by atoms with E-state index >= 15 is 0 Å². The molecule has 0 heterocycles. The van der Waals surface area contributed by atoms with Gasteiger partial charge in [-0.1, -0.05) is 6.92 Å². The molecule has 100 valence electrons. The van der Waals surface area contributed by atoms with Gasteiger partial charge < -0.3 is 5.32 Å². The molecule has 2 aliphatic carbocycles. The molecule has 0 spiro atoms. The molecule has 2 fully saturated rings. The molecule has 0 aromatic heterocycles. The summed E-state index contributed by atoms with van der Waals surface area (Å²) in [5, 5.41) is 3.15. The maximum absolute atomic E-state index is 11.9. The Morgan fingerprint density at radius 2 is 1.76 bits per heavy atom. The SMILES string of the molecule is CCNCCCS(=O)(=O)NC(C1CC1)C1CC1. The molecule has 0 aromatic rings. The van der Waals surface area contributed by atoms with Gasteiger partial charge in [-0.05, 0) is 57.0 Å². The average Bonchev–Trinajstić information content (AvgIpc) is 3.16.